The van der Waals surface area contributed by atoms with Crippen LogP contribution >= 0.6 is 0 Å². The van der Waals surface area contributed by atoms with Gasteiger partial charge in [0.2, 0.25) is 5.95 Å². The SMILES string of the molecule is CCCCCc1ccc(Nc2nc(N[C@H]3CC[C@H](N)CC3)nc3c2ncn3C2CCCC2)cc1. The predicted octanol–water partition coefficient (Wildman–Crippen LogP) is 6.10. The molecule has 34 heavy (non-hydrogen) atoms. The molecule has 5 rings (SSSR count). The van der Waals surface area contributed by atoms with Crippen molar-refractivity contribution < 1.29 is 0 Å². The number of hydrogen-bond acceptors (Lipinski definition) is 6. The van der Waals surface area contributed by atoms with Gasteiger partial charge in [0.25, 0.3) is 0 Å². The number of aromatic nitrogens is 4. The molecule has 4 N–H and O–H groups in total. The van der Waals surface area contributed by atoms with Gasteiger partial charge in [-0.25, -0.2) is 4.98 Å². The van der Waals surface area contributed by atoms with E-state index in [-0.39, 0.29) is 0 Å². The molecule has 0 atom stereocenters. The normalized spacial score (nSPS) is 21.2. The summed E-state index contributed by atoms with van der Waals surface area (Å²) in [6.07, 6.45) is 16.0. The number of nitrogens with two attached hydrogens (primary N) is 1. The van der Waals surface area contributed by atoms with Gasteiger partial charge in [-0.1, -0.05) is 44.7 Å². The monoisotopic (exact) mass is 461 g/mol. The van der Waals surface area contributed by atoms with E-state index in [2.05, 4.69) is 46.4 Å². The third-order valence-electron chi connectivity index (χ3n) is 7.53. The number of unbranched alkanes of at least 4 members (excludes halogenated alkanes) is 2. The second-order valence-electron chi connectivity index (χ2n) is 10.2. The molecule has 0 saturated heterocycles. The Balaban J connectivity index is 1.41. The first-order chi connectivity index (χ1) is 16.7. The van der Waals surface area contributed by atoms with Crippen LogP contribution in [0.25, 0.3) is 11.2 Å². The summed E-state index contributed by atoms with van der Waals surface area (Å²) >= 11 is 0. The smallest absolute Gasteiger partial charge is 0.227 e. The average Bonchev–Trinajstić information content (AvgIpc) is 3.52. The zero-order valence-electron chi connectivity index (χ0n) is 20.5. The quantitative estimate of drug-likeness (QED) is 0.333. The maximum absolute atomic E-state index is 6.11. The fourth-order valence-electron chi connectivity index (χ4n) is 5.43. The molecule has 0 bridgehead atoms. The van der Waals surface area contributed by atoms with Crippen molar-refractivity contribution in [2.45, 2.75) is 102 Å². The highest BCUT2D eigenvalue weighted by molar-refractivity contribution is 5.86. The first kappa shape index (κ1) is 23.1. The van der Waals surface area contributed by atoms with Crippen molar-refractivity contribution in [2.24, 2.45) is 5.73 Å². The third-order valence-corrected chi connectivity index (χ3v) is 7.53. The van der Waals surface area contributed by atoms with Gasteiger partial charge >= 0.3 is 0 Å². The number of aryl methyl sites for hydroxylation is 1. The lowest BCUT2D eigenvalue weighted by atomic mass is 9.92. The molecule has 0 spiro atoms. The Labute approximate surface area is 203 Å². The number of anilines is 3. The van der Waals surface area contributed by atoms with Crippen molar-refractivity contribution in [3.63, 3.8) is 0 Å². The van der Waals surface area contributed by atoms with Gasteiger partial charge in [-0.15, -0.1) is 0 Å². The highest BCUT2D eigenvalue weighted by Gasteiger charge is 2.24. The van der Waals surface area contributed by atoms with Crippen LogP contribution in [0.15, 0.2) is 30.6 Å². The zero-order chi connectivity index (χ0) is 23.3. The van der Waals surface area contributed by atoms with Gasteiger partial charge in [-0.2, -0.15) is 9.97 Å². The largest absolute Gasteiger partial charge is 0.351 e. The fourth-order valence-corrected chi connectivity index (χ4v) is 5.43. The lowest BCUT2D eigenvalue weighted by molar-refractivity contribution is 0.410. The Hall–Kier alpha value is -2.67. The minimum Gasteiger partial charge on any atom is -0.351 e. The highest BCUT2D eigenvalue weighted by atomic mass is 15.2. The molecule has 2 aromatic heterocycles. The first-order valence-corrected chi connectivity index (χ1v) is 13.3. The Morgan fingerprint density at radius 2 is 1.74 bits per heavy atom. The number of nitrogens with zero attached hydrogens (tertiary/aromatic N) is 4. The highest BCUT2D eigenvalue weighted by Crippen LogP contribution is 2.34. The average molecular weight is 462 g/mol. The van der Waals surface area contributed by atoms with Crippen LogP contribution in [0.4, 0.5) is 17.5 Å². The number of rotatable bonds is 9. The Bertz CT molecular complexity index is 1060. The van der Waals surface area contributed by atoms with Crippen molar-refractivity contribution in [3.8, 4) is 0 Å². The fraction of sp³-hybridized carbons (Fsp3) is 0.593. The molecule has 2 aliphatic rings. The van der Waals surface area contributed by atoms with E-state index in [4.69, 9.17) is 20.7 Å². The predicted molar refractivity (Wildman–Crippen MR) is 140 cm³/mol. The van der Waals surface area contributed by atoms with Crippen molar-refractivity contribution in [1.29, 1.82) is 0 Å². The molecule has 182 valence electrons. The number of hydrogen-bond donors (Lipinski definition) is 3. The Kier molecular flexibility index (Phi) is 7.28. The summed E-state index contributed by atoms with van der Waals surface area (Å²) in [4.78, 5) is 14.6. The lowest BCUT2D eigenvalue weighted by Crippen LogP contribution is -2.33. The summed E-state index contributed by atoms with van der Waals surface area (Å²) in [5, 5.41) is 7.15. The van der Waals surface area contributed by atoms with Crippen LogP contribution in [0.1, 0.15) is 89.2 Å². The van der Waals surface area contributed by atoms with Gasteiger partial charge < -0.3 is 20.9 Å². The van der Waals surface area contributed by atoms with Crippen LogP contribution < -0.4 is 16.4 Å². The molecule has 3 aromatic rings. The number of nitrogens with one attached hydrogen (secondary N) is 2. The van der Waals surface area contributed by atoms with Crippen molar-refractivity contribution in [3.05, 3.63) is 36.2 Å². The summed E-state index contributed by atoms with van der Waals surface area (Å²) in [5.41, 5.74) is 10.3. The zero-order valence-corrected chi connectivity index (χ0v) is 20.5. The number of benzene rings is 1. The van der Waals surface area contributed by atoms with Gasteiger partial charge in [-0.3, -0.25) is 0 Å². The van der Waals surface area contributed by atoms with Gasteiger partial charge in [0.1, 0.15) is 0 Å². The summed E-state index contributed by atoms with van der Waals surface area (Å²) < 4.78 is 2.27. The molecule has 0 amide bonds. The lowest BCUT2D eigenvalue weighted by Gasteiger charge is -2.27. The van der Waals surface area contributed by atoms with E-state index in [1.165, 1.54) is 50.5 Å². The molecule has 2 heterocycles. The minimum atomic E-state index is 0.326. The Morgan fingerprint density at radius 3 is 2.47 bits per heavy atom. The second-order valence-corrected chi connectivity index (χ2v) is 10.2. The van der Waals surface area contributed by atoms with Crippen LogP contribution in [-0.2, 0) is 6.42 Å². The minimum absolute atomic E-state index is 0.326. The van der Waals surface area contributed by atoms with Crippen LogP contribution in [-0.4, -0.2) is 31.6 Å². The number of fused-ring (bicyclic) bond motifs is 1. The van der Waals surface area contributed by atoms with E-state index in [0.717, 1.165) is 54.8 Å². The van der Waals surface area contributed by atoms with Gasteiger partial charge in [-0.05, 0) is 69.1 Å². The Morgan fingerprint density at radius 1 is 0.971 bits per heavy atom. The van der Waals surface area contributed by atoms with Crippen molar-refractivity contribution in [2.75, 3.05) is 10.6 Å². The van der Waals surface area contributed by atoms with E-state index < -0.39 is 0 Å². The van der Waals surface area contributed by atoms with Crippen LogP contribution in [0.3, 0.4) is 0 Å². The third kappa shape index (κ3) is 5.35. The molecule has 0 unspecified atom stereocenters. The molecule has 2 aliphatic carbocycles. The maximum Gasteiger partial charge on any atom is 0.227 e. The molecule has 7 nitrogen and oxygen atoms in total. The summed E-state index contributed by atoms with van der Waals surface area (Å²) in [7, 11) is 0. The van der Waals surface area contributed by atoms with Gasteiger partial charge in [0.15, 0.2) is 17.0 Å². The number of imidazole rings is 1. The molecule has 0 aliphatic heterocycles. The molecule has 2 saturated carbocycles. The van der Waals surface area contributed by atoms with E-state index in [1.807, 2.05) is 6.33 Å². The van der Waals surface area contributed by atoms with Crippen LogP contribution in [0.5, 0.6) is 0 Å². The molecule has 7 heteroatoms. The summed E-state index contributed by atoms with van der Waals surface area (Å²) in [6.45, 7) is 2.25. The van der Waals surface area contributed by atoms with Crippen molar-refractivity contribution in [1.82, 2.24) is 19.5 Å². The van der Waals surface area contributed by atoms with E-state index >= 15 is 0 Å². The molecular formula is C27H39N7. The van der Waals surface area contributed by atoms with E-state index in [1.54, 1.807) is 0 Å². The topological polar surface area (TPSA) is 93.7 Å². The first-order valence-electron chi connectivity index (χ1n) is 13.3. The second kappa shape index (κ2) is 10.7. The molecule has 2 fully saturated rings. The maximum atomic E-state index is 6.11. The van der Waals surface area contributed by atoms with Gasteiger partial charge in [0.05, 0.1) is 6.33 Å². The molecular weight excluding hydrogens is 422 g/mol. The molecule has 0 radical (unpaired) electrons. The van der Waals surface area contributed by atoms with Crippen LogP contribution in [0, 0.1) is 0 Å². The summed E-state index contributed by atoms with van der Waals surface area (Å²) in [6, 6.07) is 9.92. The van der Waals surface area contributed by atoms with Gasteiger partial charge in [0, 0.05) is 23.8 Å². The van der Waals surface area contributed by atoms with Crippen molar-refractivity contribution >= 4 is 28.6 Å². The van der Waals surface area contributed by atoms with E-state index in [9.17, 15) is 0 Å². The summed E-state index contributed by atoms with van der Waals surface area (Å²) in [5.74, 6) is 1.46. The molecule has 1 aromatic carbocycles. The van der Waals surface area contributed by atoms with E-state index in [0.29, 0.717) is 24.1 Å². The van der Waals surface area contributed by atoms with Crippen LogP contribution in [0.2, 0.25) is 0 Å². The standard InChI is InChI=1S/C27H39N7/c1-2-3-4-7-19-10-14-21(15-11-19)30-25-24-26(34(18-29-24)23-8-5-6-9-23)33-27(32-25)31-22-16-12-20(28)13-17-22/h10-11,14-15,18,20,22-23H,2-9,12-13,16-17,28H2,1H3,(H2,30,31,32,33)/t20-,22-.